The summed E-state index contributed by atoms with van der Waals surface area (Å²) >= 11 is 14.3. The maximum Gasteiger partial charge on any atom is 0.261 e. The zero-order valence-electron chi connectivity index (χ0n) is 25.9. The number of amides is 4. The molecule has 0 radical (unpaired) electrons. The van der Waals surface area contributed by atoms with Crippen LogP contribution in [0.1, 0.15) is 41.4 Å². The summed E-state index contributed by atoms with van der Waals surface area (Å²) in [5, 5.41) is 0. The Morgan fingerprint density at radius 3 is 1.19 bits per heavy atom. The highest BCUT2D eigenvalue weighted by atomic mass is 32.3. The van der Waals surface area contributed by atoms with Gasteiger partial charge < -0.3 is 9.47 Å². The second kappa shape index (κ2) is 17.2. The number of thioether (sulfide) groups is 8. The second-order valence-corrected chi connectivity index (χ2v) is 19.6. The zero-order valence-corrected chi connectivity index (χ0v) is 32.4. The Bertz CT molecular complexity index is 1540. The largest absolute Gasteiger partial charge is 0.379 e. The van der Waals surface area contributed by atoms with Gasteiger partial charge in [-0.05, 0) is 36.8 Å². The minimum atomic E-state index is -0.265. The Hall–Kier alpha value is -1.34. The van der Waals surface area contributed by atoms with Crippen LogP contribution in [0.4, 0.5) is 0 Å². The van der Waals surface area contributed by atoms with E-state index in [-0.39, 0.29) is 49.9 Å². The van der Waals surface area contributed by atoms with Crippen molar-refractivity contribution in [3.8, 4) is 0 Å². The van der Waals surface area contributed by atoms with Gasteiger partial charge in [0.2, 0.25) is 0 Å². The molecule has 48 heavy (non-hydrogen) atoms. The third kappa shape index (κ3) is 8.08. The monoisotopic (exact) mass is 794 g/mol. The summed E-state index contributed by atoms with van der Waals surface area (Å²) in [6, 6.07) is 13.8. The van der Waals surface area contributed by atoms with Crippen LogP contribution in [0.3, 0.4) is 0 Å². The van der Waals surface area contributed by atoms with Crippen LogP contribution < -0.4 is 0 Å². The molecule has 0 spiro atoms. The minimum absolute atomic E-state index is 0.228. The molecule has 0 saturated carbocycles. The van der Waals surface area contributed by atoms with Crippen molar-refractivity contribution >= 4 is 118 Å². The molecule has 2 aromatic rings. The van der Waals surface area contributed by atoms with Crippen LogP contribution in [0.2, 0.25) is 0 Å². The van der Waals surface area contributed by atoms with E-state index < -0.39 is 0 Å². The van der Waals surface area contributed by atoms with Crippen molar-refractivity contribution in [2.24, 2.45) is 0 Å². The summed E-state index contributed by atoms with van der Waals surface area (Å²) in [7, 11) is 0. The smallest absolute Gasteiger partial charge is 0.261 e. The first-order valence-electron chi connectivity index (χ1n) is 14.7. The number of ether oxygens (including phenoxy) is 2. The van der Waals surface area contributed by atoms with Crippen LogP contribution in [-0.4, -0.2) is 97.0 Å². The summed E-state index contributed by atoms with van der Waals surface area (Å²) in [5.74, 6) is 0.412. The molecule has 0 bridgehead atoms. The maximum atomic E-state index is 12.6. The van der Waals surface area contributed by atoms with Crippen LogP contribution in [0.5, 0.6) is 0 Å². The van der Waals surface area contributed by atoms with Crippen molar-refractivity contribution in [2.45, 2.75) is 0 Å². The van der Waals surface area contributed by atoms with Gasteiger partial charge in [-0.3, -0.25) is 29.0 Å². The van der Waals surface area contributed by atoms with Crippen LogP contribution in [0.25, 0.3) is 0 Å². The van der Waals surface area contributed by atoms with Crippen LogP contribution in [-0.2, 0) is 9.47 Å². The number of hydrogen-bond acceptors (Lipinski definition) is 14. The number of nitrogens with zero attached hydrogens (tertiary/aromatic N) is 2. The van der Waals surface area contributed by atoms with Gasteiger partial charge in [-0.2, -0.15) is 0 Å². The van der Waals surface area contributed by atoms with Gasteiger partial charge in [-0.25, -0.2) is 0 Å². The van der Waals surface area contributed by atoms with Crippen LogP contribution >= 0.6 is 94.1 Å². The molecule has 0 unspecified atom stereocenters. The Balaban J connectivity index is 0.972. The average Bonchev–Trinajstić information content (AvgIpc) is 3.84. The van der Waals surface area contributed by atoms with Crippen LogP contribution in [0, 0.1) is 0 Å². The minimum Gasteiger partial charge on any atom is -0.379 e. The van der Waals surface area contributed by atoms with E-state index in [9.17, 15) is 19.2 Å². The number of hydrogen-bond donors (Lipinski definition) is 0. The van der Waals surface area contributed by atoms with Crippen molar-refractivity contribution in [2.75, 3.05) is 63.5 Å². The predicted molar refractivity (Wildman–Crippen MR) is 209 cm³/mol. The summed E-state index contributed by atoms with van der Waals surface area (Å²) < 4.78 is 19.4. The van der Waals surface area contributed by atoms with E-state index in [1.54, 1.807) is 119 Å². The fourth-order valence-electron chi connectivity index (χ4n) is 4.93. The first-order chi connectivity index (χ1) is 23.4. The molecular formula is C32H30N2O6S8. The molecular weight excluding hydrogens is 765 g/mol. The molecule has 0 N–H and O–H groups in total. The SMILES string of the molecule is CSC1=C(SC)SC(=C2SC(SCCOCCN3C(=O)c4ccccc4C3=O)=C(SCCOCCN3C(=O)c4ccccc4C3=O)S2)S1. The van der Waals surface area contributed by atoms with Crippen molar-refractivity contribution in [3.63, 3.8) is 0 Å². The zero-order chi connectivity index (χ0) is 33.6. The van der Waals surface area contributed by atoms with E-state index in [4.69, 9.17) is 9.47 Å². The third-order valence-electron chi connectivity index (χ3n) is 7.21. The van der Waals surface area contributed by atoms with E-state index in [1.807, 2.05) is 23.5 Å². The van der Waals surface area contributed by atoms with Gasteiger partial charge in [0.25, 0.3) is 23.6 Å². The number of benzene rings is 2. The summed E-state index contributed by atoms with van der Waals surface area (Å²) in [5.41, 5.74) is 1.80. The Labute approximate surface area is 313 Å². The highest BCUT2D eigenvalue weighted by Crippen LogP contribution is 2.65. The Kier molecular flexibility index (Phi) is 13.1. The van der Waals surface area contributed by atoms with Gasteiger partial charge in [0.15, 0.2) is 0 Å². The molecule has 4 amide bonds. The molecule has 4 heterocycles. The number of fused-ring (bicyclic) bond motifs is 2. The highest BCUT2D eigenvalue weighted by molar-refractivity contribution is 8.45. The van der Waals surface area contributed by atoms with Crippen molar-refractivity contribution in [1.82, 2.24) is 9.80 Å². The molecule has 4 aliphatic rings. The van der Waals surface area contributed by atoms with Gasteiger partial charge in [0.05, 0.1) is 87.2 Å². The van der Waals surface area contributed by atoms with Gasteiger partial charge in [-0.15, -0.1) is 47.0 Å². The standard InChI is InChI=1S/C32H30N2O6S8/c1-41-27-28(42-2)46-31(45-27)32-47-29(43-17-15-39-13-11-33-23(35)19-7-3-4-8-20(19)24(33)36)30(48-32)44-18-16-40-14-12-34-25(37)21-9-5-6-10-22(21)26(34)38/h3-10H,11-18H2,1-2H3. The molecule has 252 valence electrons. The summed E-state index contributed by atoms with van der Waals surface area (Å²) in [6.07, 6.45) is 4.23. The molecule has 0 fully saturated rings. The topological polar surface area (TPSA) is 93.2 Å². The predicted octanol–water partition coefficient (Wildman–Crippen LogP) is 8.14. The van der Waals surface area contributed by atoms with Crippen molar-refractivity contribution in [3.05, 3.63) is 96.2 Å². The molecule has 4 aliphatic heterocycles. The molecule has 2 aromatic carbocycles. The lowest BCUT2D eigenvalue weighted by atomic mass is 10.1. The summed E-state index contributed by atoms with van der Waals surface area (Å²) in [4.78, 5) is 53.0. The van der Waals surface area contributed by atoms with E-state index in [1.165, 1.54) is 35.2 Å². The van der Waals surface area contributed by atoms with Crippen molar-refractivity contribution in [1.29, 1.82) is 0 Å². The molecule has 6 rings (SSSR count). The third-order valence-corrected chi connectivity index (χ3v) is 18.4. The molecule has 16 heteroatoms. The molecule has 0 aliphatic carbocycles. The normalized spacial score (nSPS) is 17.6. The fourth-order valence-corrected chi connectivity index (χ4v) is 15.9. The van der Waals surface area contributed by atoms with Gasteiger partial charge in [0, 0.05) is 11.5 Å². The van der Waals surface area contributed by atoms with E-state index in [2.05, 4.69) is 12.5 Å². The lowest BCUT2D eigenvalue weighted by Gasteiger charge is -2.14. The quantitative estimate of drug-likeness (QED) is 0.121. The van der Waals surface area contributed by atoms with Gasteiger partial charge in [-0.1, -0.05) is 71.3 Å². The average molecular weight is 795 g/mol. The number of rotatable bonds is 16. The number of carbonyl (C=O) groups excluding carboxylic acids is 4. The lowest BCUT2D eigenvalue weighted by Crippen LogP contribution is -2.33. The van der Waals surface area contributed by atoms with E-state index in [0.717, 1.165) is 11.5 Å². The van der Waals surface area contributed by atoms with Gasteiger partial charge >= 0.3 is 0 Å². The Morgan fingerprint density at radius 2 is 0.854 bits per heavy atom. The van der Waals surface area contributed by atoms with E-state index in [0.29, 0.717) is 35.5 Å². The fraction of sp³-hybridized carbons (Fsp3) is 0.312. The van der Waals surface area contributed by atoms with E-state index >= 15 is 0 Å². The molecule has 0 saturated heterocycles. The highest BCUT2D eigenvalue weighted by Gasteiger charge is 2.36. The number of imide groups is 2. The molecule has 0 aromatic heterocycles. The van der Waals surface area contributed by atoms with Crippen LogP contribution in [0.15, 0.2) is 74.0 Å². The molecule has 8 nitrogen and oxygen atoms in total. The summed E-state index contributed by atoms with van der Waals surface area (Å²) in [6.45, 7) is 2.01. The molecule has 0 atom stereocenters. The Morgan fingerprint density at radius 1 is 0.521 bits per heavy atom. The lowest BCUT2D eigenvalue weighted by molar-refractivity contribution is 0.0565. The maximum absolute atomic E-state index is 12.6. The van der Waals surface area contributed by atoms with Gasteiger partial charge in [0.1, 0.15) is 0 Å². The number of carbonyl (C=O) groups is 4. The van der Waals surface area contributed by atoms with Crippen molar-refractivity contribution < 1.29 is 28.7 Å². The first-order valence-corrected chi connectivity index (χ1v) is 22.4. The second-order valence-electron chi connectivity index (χ2n) is 10.1. The first kappa shape index (κ1) is 36.5.